The number of hydrogen-bond acceptors (Lipinski definition) is 4. The number of nitrogens with zero attached hydrogens (tertiary/aromatic N) is 4. The zero-order valence-electron chi connectivity index (χ0n) is 7.40. The fraction of sp³-hybridized carbons (Fsp3) is 0.714. The lowest BCUT2D eigenvalue weighted by Gasteiger charge is -2.19. The van der Waals surface area contributed by atoms with Crippen molar-refractivity contribution in [1.29, 1.82) is 0 Å². The van der Waals surface area contributed by atoms with Crippen LogP contribution >= 0.6 is 0 Å². The van der Waals surface area contributed by atoms with Crippen molar-refractivity contribution in [2.24, 2.45) is 0 Å². The van der Waals surface area contributed by atoms with Gasteiger partial charge in [0.2, 0.25) is 5.91 Å². The van der Waals surface area contributed by atoms with Crippen LogP contribution in [0, 0.1) is 0 Å². The van der Waals surface area contributed by atoms with Crippen LogP contribution in [0.15, 0.2) is 0 Å². The number of hydrogen-bond donors (Lipinski definition) is 1. The van der Waals surface area contributed by atoms with Gasteiger partial charge in [-0.2, -0.15) is 5.21 Å². The summed E-state index contributed by atoms with van der Waals surface area (Å²) in [5.41, 5.74) is 0. The molecule has 0 saturated carbocycles. The highest BCUT2D eigenvalue weighted by atomic mass is 16.2. The summed E-state index contributed by atoms with van der Waals surface area (Å²) < 4.78 is 0. The largest absolute Gasteiger partial charge is 0.333 e. The van der Waals surface area contributed by atoms with Crippen molar-refractivity contribution < 1.29 is 4.79 Å². The molecule has 2 heterocycles. The Bertz CT molecular complexity index is 296. The number of tetrazole rings is 1. The predicted molar refractivity (Wildman–Crippen MR) is 43.5 cm³/mol. The first-order valence-electron chi connectivity index (χ1n) is 4.29. The van der Waals surface area contributed by atoms with Gasteiger partial charge in [0, 0.05) is 13.5 Å². The first-order chi connectivity index (χ1) is 6.29. The van der Waals surface area contributed by atoms with Crippen LogP contribution in [-0.2, 0) is 4.79 Å². The lowest BCUT2D eigenvalue weighted by molar-refractivity contribution is -0.129. The van der Waals surface area contributed by atoms with Crippen LogP contribution in [0.25, 0.3) is 0 Å². The molecule has 1 atom stereocenters. The molecule has 1 amide bonds. The second-order valence-electron chi connectivity index (χ2n) is 3.14. The summed E-state index contributed by atoms with van der Waals surface area (Å²) in [6.45, 7) is 2.37. The molecule has 1 aliphatic heterocycles. The van der Waals surface area contributed by atoms with E-state index in [-0.39, 0.29) is 11.9 Å². The van der Waals surface area contributed by atoms with Crippen LogP contribution in [0.4, 0.5) is 0 Å². The molecular weight excluding hydrogens is 170 g/mol. The van der Waals surface area contributed by atoms with Gasteiger partial charge < -0.3 is 4.90 Å². The lowest BCUT2D eigenvalue weighted by atomic mass is 10.2. The molecule has 2 rings (SSSR count). The molecule has 1 N–H and O–H groups in total. The lowest BCUT2D eigenvalue weighted by Crippen LogP contribution is -2.28. The zero-order chi connectivity index (χ0) is 9.26. The zero-order valence-corrected chi connectivity index (χ0v) is 7.40. The quantitative estimate of drug-likeness (QED) is 0.655. The molecule has 1 unspecified atom stereocenters. The molecule has 6 nitrogen and oxygen atoms in total. The SMILES string of the molecule is CC(=O)N1CCCC1c1nn[nH]n1. The van der Waals surface area contributed by atoms with E-state index in [2.05, 4.69) is 20.6 Å². The smallest absolute Gasteiger partial charge is 0.220 e. The molecule has 1 saturated heterocycles. The number of likely N-dealkylation sites (tertiary alicyclic amines) is 1. The van der Waals surface area contributed by atoms with Crippen molar-refractivity contribution in [2.45, 2.75) is 25.8 Å². The van der Waals surface area contributed by atoms with Gasteiger partial charge in [0.15, 0.2) is 5.82 Å². The molecule has 1 aliphatic rings. The number of rotatable bonds is 1. The maximum absolute atomic E-state index is 11.2. The maximum atomic E-state index is 11.2. The predicted octanol–water partition coefficient (Wildman–Crippen LogP) is -0.117. The molecule has 0 aromatic carbocycles. The molecule has 70 valence electrons. The highest BCUT2D eigenvalue weighted by molar-refractivity contribution is 5.74. The molecule has 1 aromatic heterocycles. The minimum Gasteiger partial charge on any atom is -0.333 e. The number of carbonyl (C=O) groups is 1. The summed E-state index contributed by atoms with van der Waals surface area (Å²) in [5, 5.41) is 13.7. The van der Waals surface area contributed by atoms with Crippen LogP contribution in [0.2, 0.25) is 0 Å². The first kappa shape index (κ1) is 8.15. The Hall–Kier alpha value is -1.46. The Morgan fingerprint density at radius 1 is 1.69 bits per heavy atom. The van der Waals surface area contributed by atoms with E-state index in [9.17, 15) is 4.79 Å². The fourth-order valence-electron chi connectivity index (χ4n) is 1.72. The van der Waals surface area contributed by atoms with E-state index < -0.39 is 0 Å². The summed E-state index contributed by atoms with van der Waals surface area (Å²) in [7, 11) is 0. The number of H-pyrrole nitrogens is 1. The number of aromatic amines is 1. The second-order valence-corrected chi connectivity index (χ2v) is 3.14. The number of aromatic nitrogens is 4. The van der Waals surface area contributed by atoms with Crippen LogP contribution in [-0.4, -0.2) is 38.0 Å². The van der Waals surface area contributed by atoms with E-state index in [0.29, 0.717) is 5.82 Å². The first-order valence-corrected chi connectivity index (χ1v) is 4.29. The monoisotopic (exact) mass is 181 g/mol. The van der Waals surface area contributed by atoms with E-state index in [1.165, 1.54) is 0 Å². The summed E-state index contributed by atoms with van der Waals surface area (Å²) in [6.07, 6.45) is 1.94. The van der Waals surface area contributed by atoms with E-state index in [1.54, 1.807) is 11.8 Å². The van der Waals surface area contributed by atoms with E-state index >= 15 is 0 Å². The molecule has 13 heavy (non-hydrogen) atoms. The van der Waals surface area contributed by atoms with E-state index in [1.807, 2.05) is 0 Å². The third-order valence-electron chi connectivity index (χ3n) is 2.32. The van der Waals surface area contributed by atoms with Gasteiger partial charge in [0.25, 0.3) is 0 Å². The van der Waals surface area contributed by atoms with Gasteiger partial charge in [0.05, 0.1) is 6.04 Å². The van der Waals surface area contributed by atoms with Crippen LogP contribution in [0.1, 0.15) is 31.6 Å². The Kier molecular flexibility index (Phi) is 1.96. The Balaban J connectivity index is 2.19. The molecule has 0 spiro atoms. The van der Waals surface area contributed by atoms with Gasteiger partial charge in [-0.3, -0.25) is 4.79 Å². The van der Waals surface area contributed by atoms with Crippen LogP contribution < -0.4 is 0 Å². The normalized spacial score (nSPS) is 22.2. The van der Waals surface area contributed by atoms with Crippen molar-refractivity contribution in [3.8, 4) is 0 Å². The van der Waals surface area contributed by atoms with E-state index in [0.717, 1.165) is 19.4 Å². The minimum atomic E-state index is 0.0243. The van der Waals surface area contributed by atoms with Gasteiger partial charge >= 0.3 is 0 Å². The molecule has 1 fully saturated rings. The highest BCUT2D eigenvalue weighted by Crippen LogP contribution is 2.28. The van der Waals surface area contributed by atoms with Crippen molar-refractivity contribution in [3.05, 3.63) is 5.82 Å². The van der Waals surface area contributed by atoms with Gasteiger partial charge in [-0.25, -0.2) is 0 Å². The molecule has 0 bridgehead atoms. The van der Waals surface area contributed by atoms with Crippen LogP contribution in [0.3, 0.4) is 0 Å². The van der Waals surface area contributed by atoms with Gasteiger partial charge in [-0.15, -0.1) is 10.2 Å². The Morgan fingerprint density at radius 2 is 2.54 bits per heavy atom. The third kappa shape index (κ3) is 1.39. The van der Waals surface area contributed by atoms with Crippen molar-refractivity contribution >= 4 is 5.91 Å². The summed E-state index contributed by atoms with van der Waals surface area (Å²) in [4.78, 5) is 13.0. The Morgan fingerprint density at radius 3 is 3.15 bits per heavy atom. The van der Waals surface area contributed by atoms with Crippen molar-refractivity contribution in [3.63, 3.8) is 0 Å². The van der Waals surface area contributed by atoms with Gasteiger partial charge in [-0.05, 0) is 12.8 Å². The standard InChI is InChI=1S/C7H11N5O/c1-5(13)12-4-2-3-6(12)7-8-10-11-9-7/h6H,2-4H2,1H3,(H,8,9,10,11). The van der Waals surface area contributed by atoms with Crippen molar-refractivity contribution in [2.75, 3.05) is 6.54 Å². The molecule has 6 heteroatoms. The highest BCUT2D eigenvalue weighted by Gasteiger charge is 2.30. The molecular formula is C7H11N5O. The minimum absolute atomic E-state index is 0.0243. The van der Waals surface area contributed by atoms with Crippen molar-refractivity contribution in [1.82, 2.24) is 25.5 Å². The number of carbonyl (C=O) groups excluding carboxylic acids is 1. The summed E-state index contributed by atoms with van der Waals surface area (Å²) >= 11 is 0. The topological polar surface area (TPSA) is 74.8 Å². The number of nitrogens with one attached hydrogen (secondary N) is 1. The molecule has 1 aromatic rings. The summed E-state index contributed by atoms with van der Waals surface area (Å²) in [6, 6.07) is 0.0243. The Labute approximate surface area is 75.3 Å². The number of amides is 1. The molecule has 0 aliphatic carbocycles. The summed E-state index contributed by atoms with van der Waals surface area (Å²) in [5.74, 6) is 0.694. The molecule has 0 radical (unpaired) electrons. The van der Waals surface area contributed by atoms with Gasteiger partial charge in [-0.1, -0.05) is 5.21 Å². The average molecular weight is 181 g/mol. The fourth-order valence-corrected chi connectivity index (χ4v) is 1.72. The average Bonchev–Trinajstić information content (AvgIpc) is 2.74. The third-order valence-corrected chi connectivity index (χ3v) is 2.32. The van der Waals surface area contributed by atoms with Crippen LogP contribution in [0.5, 0.6) is 0 Å². The van der Waals surface area contributed by atoms with Gasteiger partial charge in [0.1, 0.15) is 0 Å². The maximum Gasteiger partial charge on any atom is 0.220 e. The second kappa shape index (κ2) is 3.12. The van der Waals surface area contributed by atoms with E-state index in [4.69, 9.17) is 0 Å².